The molecule has 1 saturated heterocycles. The first-order valence-corrected chi connectivity index (χ1v) is 7.86. The van der Waals surface area contributed by atoms with Crippen LogP contribution < -0.4 is 0 Å². The van der Waals surface area contributed by atoms with Gasteiger partial charge in [0, 0.05) is 23.3 Å². The number of hydrogen-bond donors (Lipinski definition) is 1. The molecule has 25 heavy (non-hydrogen) atoms. The highest BCUT2D eigenvalue weighted by Crippen LogP contribution is 2.32. The third-order valence-corrected chi connectivity index (χ3v) is 4.02. The van der Waals surface area contributed by atoms with Crippen molar-refractivity contribution < 1.29 is 19.4 Å². The maximum atomic E-state index is 11.1. The predicted octanol–water partition coefficient (Wildman–Crippen LogP) is 1.93. The van der Waals surface area contributed by atoms with Crippen LogP contribution in [-0.4, -0.2) is 44.0 Å². The lowest BCUT2D eigenvalue weighted by Crippen LogP contribution is -2.11. The molecule has 3 aromatic rings. The van der Waals surface area contributed by atoms with Crippen LogP contribution in [-0.2, 0) is 20.8 Å². The van der Waals surface area contributed by atoms with Crippen molar-refractivity contribution in [2.24, 2.45) is 0 Å². The zero-order valence-corrected chi connectivity index (χ0v) is 13.5. The van der Waals surface area contributed by atoms with E-state index in [1.165, 1.54) is 4.68 Å². The summed E-state index contributed by atoms with van der Waals surface area (Å²) in [6, 6.07) is 5.69. The van der Waals surface area contributed by atoms with Crippen molar-refractivity contribution in [1.29, 1.82) is 0 Å². The Kier molecular flexibility index (Phi) is 3.90. The molecule has 1 aliphatic rings. The minimum Gasteiger partial charge on any atom is -0.480 e. The van der Waals surface area contributed by atoms with Crippen LogP contribution in [0.4, 0.5) is 0 Å². The topological polar surface area (TPSA) is 99.4 Å². The highest BCUT2D eigenvalue weighted by atomic mass is 16.7. The van der Waals surface area contributed by atoms with E-state index in [-0.39, 0.29) is 6.54 Å². The molecule has 0 spiro atoms. The number of carboxylic acids is 1. The van der Waals surface area contributed by atoms with E-state index in [2.05, 4.69) is 15.1 Å². The summed E-state index contributed by atoms with van der Waals surface area (Å²) in [5.41, 5.74) is 3.09. The number of ether oxygens (including phenoxy) is 2. The average molecular weight is 340 g/mol. The number of benzene rings is 1. The fourth-order valence-electron chi connectivity index (χ4n) is 2.86. The Balaban J connectivity index is 1.85. The Morgan fingerprint density at radius 1 is 1.24 bits per heavy atom. The molecule has 0 radical (unpaired) electrons. The van der Waals surface area contributed by atoms with Crippen molar-refractivity contribution in [3.63, 3.8) is 0 Å². The summed E-state index contributed by atoms with van der Waals surface area (Å²) in [6.45, 7) is 2.58. The number of aryl methyl sites for hydroxylation is 1. The van der Waals surface area contributed by atoms with Crippen molar-refractivity contribution in [3.8, 4) is 11.1 Å². The van der Waals surface area contributed by atoms with Crippen molar-refractivity contribution in [1.82, 2.24) is 19.7 Å². The highest BCUT2D eigenvalue weighted by molar-refractivity contribution is 5.88. The minimum atomic E-state index is -0.958. The van der Waals surface area contributed by atoms with Crippen LogP contribution in [0.15, 0.2) is 30.6 Å². The molecule has 4 rings (SSSR count). The van der Waals surface area contributed by atoms with Gasteiger partial charge in [-0.3, -0.25) is 9.48 Å². The van der Waals surface area contributed by atoms with Gasteiger partial charge in [0.1, 0.15) is 18.1 Å². The molecule has 8 heteroatoms. The molecule has 128 valence electrons. The lowest BCUT2D eigenvalue weighted by atomic mass is 10.1. The predicted molar refractivity (Wildman–Crippen MR) is 87.8 cm³/mol. The second-order valence-electron chi connectivity index (χ2n) is 5.76. The summed E-state index contributed by atoms with van der Waals surface area (Å²) >= 11 is 0. The smallest absolute Gasteiger partial charge is 0.325 e. The number of carboxylic acid groups (broad SMARTS) is 1. The van der Waals surface area contributed by atoms with E-state index in [1.807, 2.05) is 25.1 Å². The molecule has 3 heterocycles. The Hall–Kier alpha value is -2.84. The molecule has 1 N–H and O–H groups in total. The molecule has 1 aromatic carbocycles. The van der Waals surface area contributed by atoms with E-state index in [0.29, 0.717) is 30.2 Å². The van der Waals surface area contributed by atoms with Crippen molar-refractivity contribution in [2.75, 3.05) is 13.2 Å². The third kappa shape index (κ3) is 2.97. The van der Waals surface area contributed by atoms with Gasteiger partial charge in [-0.1, -0.05) is 6.07 Å². The molecule has 0 aliphatic carbocycles. The fraction of sp³-hybridized carbons (Fsp3) is 0.294. The second-order valence-corrected chi connectivity index (χ2v) is 5.76. The van der Waals surface area contributed by atoms with E-state index < -0.39 is 12.3 Å². The van der Waals surface area contributed by atoms with Gasteiger partial charge >= 0.3 is 5.97 Å². The van der Waals surface area contributed by atoms with Gasteiger partial charge in [0.05, 0.1) is 18.7 Å². The summed E-state index contributed by atoms with van der Waals surface area (Å²) < 4.78 is 12.6. The number of rotatable bonds is 4. The van der Waals surface area contributed by atoms with Crippen LogP contribution in [0.1, 0.15) is 17.8 Å². The molecule has 0 unspecified atom stereocenters. The summed E-state index contributed by atoms with van der Waals surface area (Å²) in [6.07, 6.45) is 2.93. The summed E-state index contributed by atoms with van der Waals surface area (Å²) in [5, 5.41) is 14.3. The highest BCUT2D eigenvalue weighted by Gasteiger charge is 2.25. The summed E-state index contributed by atoms with van der Waals surface area (Å²) in [5.74, 6) is -0.257. The molecule has 2 aromatic heterocycles. The third-order valence-electron chi connectivity index (χ3n) is 4.02. The van der Waals surface area contributed by atoms with Gasteiger partial charge < -0.3 is 14.6 Å². The average Bonchev–Trinajstić information content (AvgIpc) is 3.23. The van der Waals surface area contributed by atoms with Gasteiger partial charge in [0.25, 0.3) is 0 Å². The number of nitrogens with zero attached hydrogens (tertiary/aromatic N) is 4. The Bertz CT molecular complexity index is 930. The molecule has 1 fully saturated rings. The normalized spacial score (nSPS) is 15.1. The second kappa shape index (κ2) is 6.23. The van der Waals surface area contributed by atoms with Crippen LogP contribution in [0.5, 0.6) is 0 Å². The monoisotopic (exact) mass is 340 g/mol. The van der Waals surface area contributed by atoms with E-state index >= 15 is 0 Å². The summed E-state index contributed by atoms with van der Waals surface area (Å²) in [4.78, 5) is 19.6. The van der Waals surface area contributed by atoms with Gasteiger partial charge in [-0.05, 0) is 24.6 Å². The van der Waals surface area contributed by atoms with Crippen LogP contribution in [0.2, 0.25) is 0 Å². The van der Waals surface area contributed by atoms with Crippen molar-refractivity contribution >= 4 is 16.9 Å². The van der Waals surface area contributed by atoms with Crippen molar-refractivity contribution in [3.05, 3.63) is 42.1 Å². The quantitative estimate of drug-likeness (QED) is 0.774. The number of aliphatic carboxylic acids is 1. The van der Waals surface area contributed by atoms with E-state index in [0.717, 1.165) is 16.5 Å². The van der Waals surface area contributed by atoms with Crippen LogP contribution in [0.25, 0.3) is 22.0 Å². The lowest BCUT2D eigenvalue weighted by Gasteiger charge is -2.06. The maximum absolute atomic E-state index is 11.1. The summed E-state index contributed by atoms with van der Waals surface area (Å²) in [7, 11) is 0. The Labute approximate surface area is 143 Å². The number of carbonyl (C=O) groups is 1. The largest absolute Gasteiger partial charge is 0.480 e. The number of hydrogen-bond acceptors (Lipinski definition) is 6. The van der Waals surface area contributed by atoms with Crippen LogP contribution in [0, 0.1) is 6.92 Å². The molecule has 0 amide bonds. The Morgan fingerprint density at radius 3 is 2.64 bits per heavy atom. The van der Waals surface area contributed by atoms with Gasteiger partial charge in [0.2, 0.25) is 6.29 Å². The molecule has 0 atom stereocenters. The molecular formula is C17H16N4O4. The zero-order valence-electron chi connectivity index (χ0n) is 13.5. The first-order valence-electron chi connectivity index (χ1n) is 7.86. The Morgan fingerprint density at radius 2 is 1.96 bits per heavy atom. The molecule has 0 bridgehead atoms. The molecule has 0 saturated carbocycles. The maximum Gasteiger partial charge on any atom is 0.325 e. The molecule has 8 nitrogen and oxygen atoms in total. The fourth-order valence-corrected chi connectivity index (χ4v) is 2.86. The van der Waals surface area contributed by atoms with E-state index in [4.69, 9.17) is 14.6 Å². The van der Waals surface area contributed by atoms with E-state index in [9.17, 15) is 4.79 Å². The van der Waals surface area contributed by atoms with Crippen LogP contribution in [0.3, 0.4) is 0 Å². The van der Waals surface area contributed by atoms with Gasteiger partial charge in [-0.25, -0.2) is 9.97 Å². The number of aromatic nitrogens is 4. The van der Waals surface area contributed by atoms with Gasteiger partial charge in [0.15, 0.2) is 0 Å². The first-order chi connectivity index (χ1) is 12.1. The molecule has 1 aliphatic heterocycles. The SMILES string of the molecule is Cc1ncc(-c2ccc3c(c2)c(C2OCCO2)nn3CC(=O)O)cn1. The minimum absolute atomic E-state index is 0.226. The van der Waals surface area contributed by atoms with Crippen LogP contribution >= 0.6 is 0 Å². The van der Waals surface area contributed by atoms with Gasteiger partial charge in [-0.2, -0.15) is 5.10 Å². The van der Waals surface area contributed by atoms with Crippen molar-refractivity contribution in [2.45, 2.75) is 19.8 Å². The number of fused-ring (bicyclic) bond motifs is 1. The molecular weight excluding hydrogens is 324 g/mol. The lowest BCUT2D eigenvalue weighted by molar-refractivity contribution is -0.137. The van der Waals surface area contributed by atoms with Gasteiger partial charge in [-0.15, -0.1) is 0 Å². The van der Waals surface area contributed by atoms with E-state index in [1.54, 1.807) is 12.4 Å². The standard InChI is InChI=1S/C17H16N4O4/c1-10-18-7-12(8-19-10)11-2-3-14-13(6-11)16(17-24-4-5-25-17)20-21(14)9-15(22)23/h2-3,6-8,17H,4-5,9H2,1H3,(H,22,23). The zero-order chi connectivity index (χ0) is 17.4. The first kappa shape index (κ1) is 15.7.